The van der Waals surface area contributed by atoms with Crippen LogP contribution in [-0.4, -0.2) is 0 Å². The largest absolute Gasteiger partial charge is 0.0619 e. The Labute approximate surface area is 166 Å². The first-order valence-electron chi connectivity index (χ1n) is 10.1. The molecule has 0 atom stereocenters. The highest BCUT2D eigenvalue weighted by atomic mass is 14.4. The Balaban J connectivity index is 1.63. The van der Waals surface area contributed by atoms with Gasteiger partial charge >= 0.3 is 0 Å². The van der Waals surface area contributed by atoms with Crippen LogP contribution in [0.3, 0.4) is 0 Å². The highest BCUT2D eigenvalue weighted by Crippen LogP contribution is 2.53. The minimum absolute atomic E-state index is 0.0106. The molecule has 0 amide bonds. The SMILES string of the molecule is CC1(C)c2ccccc2-c2cccc(-c3cccc4c3Cc3ccccc3-4)c21. The predicted molar refractivity (Wildman–Crippen MR) is 118 cm³/mol. The molecule has 134 valence electrons. The van der Waals surface area contributed by atoms with E-state index in [4.69, 9.17) is 0 Å². The van der Waals surface area contributed by atoms with Crippen molar-refractivity contribution >= 4 is 0 Å². The van der Waals surface area contributed by atoms with Gasteiger partial charge in [0.25, 0.3) is 0 Å². The highest BCUT2D eigenvalue weighted by molar-refractivity contribution is 5.92. The average molecular weight is 358 g/mol. The lowest BCUT2D eigenvalue weighted by Gasteiger charge is -2.25. The van der Waals surface area contributed by atoms with Crippen LogP contribution < -0.4 is 0 Å². The van der Waals surface area contributed by atoms with Crippen molar-refractivity contribution in [3.05, 3.63) is 107 Å². The first-order chi connectivity index (χ1) is 13.7. The summed E-state index contributed by atoms with van der Waals surface area (Å²) in [5.74, 6) is 0. The summed E-state index contributed by atoms with van der Waals surface area (Å²) < 4.78 is 0. The molecule has 0 aliphatic heterocycles. The molecule has 4 aromatic rings. The Morgan fingerprint density at radius 2 is 1.07 bits per heavy atom. The predicted octanol–water partition coefficient (Wildman–Crippen LogP) is 7.23. The molecule has 0 saturated heterocycles. The van der Waals surface area contributed by atoms with Crippen molar-refractivity contribution in [1.82, 2.24) is 0 Å². The second kappa shape index (κ2) is 5.45. The molecular weight excluding hydrogens is 336 g/mol. The van der Waals surface area contributed by atoms with E-state index >= 15 is 0 Å². The van der Waals surface area contributed by atoms with Gasteiger partial charge in [0.05, 0.1) is 0 Å². The monoisotopic (exact) mass is 358 g/mol. The Morgan fingerprint density at radius 1 is 0.536 bits per heavy atom. The fourth-order valence-electron chi connectivity index (χ4n) is 5.48. The highest BCUT2D eigenvalue weighted by Gasteiger charge is 2.37. The number of hydrogen-bond donors (Lipinski definition) is 0. The summed E-state index contributed by atoms with van der Waals surface area (Å²) in [7, 11) is 0. The van der Waals surface area contributed by atoms with Crippen LogP contribution in [0.4, 0.5) is 0 Å². The third-order valence-electron chi connectivity index (χ3n) is 6.72. The fraction of sp³-hybridized carbons (Fsp3) is 0.143. The first-order valence-corrected chi connectivity index (χ1v) is 10.1. The summed E-state index contributed by atoms with van der Waals surface area (Å²) in [5, 5.41) is 0. The van der Waals surface area contributed by atoms with Crippen molar-refractivity contribution < 1.29 is 0 Å². The van der Waals surface area contributed by atoms with E-state index in [9.17, 15) is 0 Å². The van der Waals surface area contributed by atoms with Crippen LogP contribution in [0.1, 0.15) is 36.1 Å². The van der Waals surface area contributed by atoms with Gasteiger partial charge in [-0.15, -0.1) is 0 Å². The zero-order valence-corrected chi connectivity index (χ0v) is 16.3. The summed E-state index contributed by atoms with van der Waals surface area (Å²) in [5.41, 5.74) is 14.2. The van der Waals surface area contributed by atoms with E-state index in [0.717, 1.165) is 6.42 Å². The van der Waals surface area contributed by atoms with Crippen LogP contribution in [0.25, 0.3) is 33.4 Å². The van der Waals surface area contributed by atoms with Crippen LogP contribution in [0.2, 0.25) is 0 Å². The van der Waals surface area contributed by atoms with Crippen molar-refractivity contribution in [3.63, 3.8) is 0 Å². The van der Waals surface area contributed by atoms with E-state index in [-0.39, 0.29) is 5.41 Å². The summed E-state index contributed by atoms with van der Waals surface area (Å²) in [6.07, 6.45) is 1.03. The van der Waals surface area contributed by atoms with Gasteiger partial charge in [-0.05, 0) is 62.1 Å². The first kappa shape index (κ1) is 15.9. The minimum Gasteiger partial charge on any atom is -0.0619 e. The lowest BCUT2D eigenvalue weighted by Crippen LogP contribution is -2.16. The molecule has 2 aliphatic carbocycles. The van der Waals surface area contributed by atoms with Gasteiger partial charge in [0, 0.05) is 5.41 Å². The zero-order chi connectivity index (χ0) is 18.9. The molecule has 28 heavy (non-hydrogen) atoms. The van der Waals surface area contributed by atoms with Crippen molar-refractivity contribution in [1.29, 1.82) is 0 Å². The Hall–Kier alpha value is -3.12. The van der Waals surface area contributed by atoms with Gasteiger partial charge in [0.1, 0.15) is 0 Å². The molecule has 0 N–H and O–H groups in total. The molecule has 0 spiro atoms. The Bertz CT molecular complexity index is 1260. The summed E-state index contributed by atoms with van der Waals surface area (Å²) in [4.78, 5) is 0. The van der Waals surface area contributed by atoms with Gasteiger partial charge in [-0.3, -0.25) is 0 Å². The maximum atomic E-state index is 2.37. The third-order valence-corrected chi connectivity index (χ3v) is 6.72. The van der Waals surface area contributed by atoms with E-state index < -0.39 is 0 Å². The molecule has 4 aromatic carbocycles. The van der Waals surface area contributed by atoms with Crippen LogP contribution in [0.5, 0.6) is 0 Å². The lowest BCUT2D eigenvalue weighted by molar-refractivity contribution is 0.662. The minimum atomic E-state index is 0.0106. The molecule has 0 bridgehead atoms. The van der Waals surface area contributed by atoms with Crippen LogP contribution in [0.15, 0.2) is 84.9 Å². The second-order valence-electron chi connectivity index (χ2n) is 8.56. The standard InChI is InChI=1S/C28H22/c1-28(2)26-16-6-5-11-22(26)24-15-8-14-23(27(24)28)21-13-7-12-20-19-10-4-3-9-18(19)17-25(20)21/h3-16H,17H2,1-2H3. The Morgan fingerprint density at radius 3 is 1.86 bits per heavy atom. The molecule has 0 radical (unpaired) electrons. The molecule has 0 aromatic heterocycles. The van der Waals surface area contributed by atoms with E-state index in [2.05, 4.69) is 98.8 Å². The summed E-state index contributed by atoms with van der Waals surface area (Å²) >= 11 is 0. The van der Waals surface area contributed by atoms with Crippen LogP contribution >= 0.6 is 0 Å². The quantitative estimate of drug-likeness (QED) is 0.296. The van der Waals surface area contributed by atoms with E-state index in [1.165, 1.54) is 55.6 Å². The smallest absolute Gasteiger partial charge is 0.0165 e. The maximum absolute atomic E-state index is 2.37. The van der Waals surface area contributed by atoms with E-state index in [1.807, 2.05) is 0 Å². The summed E-state index contributed by atoms with van der Waals surface area (Å²) in [6.45, 7) is 4.75. The maximum Gasteiger partial charge on any atom is 0.0165 e. The molecule has 0 heteroatoms. The van der Waals surface area contributed by atoms with Gasteiger partial charge in [0.15, 0.2) is 0 Å². The number of fused-ring (bicyclic) bond motifs is 6. The normalized spacial score (nSPS) is 14.9. The van der Waals surface area contributed by atoms with Gasteiger partial charge in [-0.1, -0.05) is 98.8 Å². The van der Waals surface area contributed by atoms with E-state index in [1.54, 1.807) is 0 Å². The van der Waals surface area contributed by atoms with Crippen LogP contribution in [0, 0.1) is 0 Å². The van der Waals surface area contributed by atoms with E-state index in [0.29, 0.717) is 0 Å². The molecule has 0 saturated carbocycles. The molecule has 0 unspecified atom stereocenters. The topological polar surface area (TPSA) is 0 Å². The number of rotatable bonds is 1. The van der Waals surface area contributed by atoms with Crippen molar-refractivity contribution in [2.24, 2.45) is 0 Å². The molecular formula is C28H22. The molecule has 0 nitrogen and oxygen atoms in total. The van der Waals surface area contributed by atoms with Gasteiger partial charge < -0.3 is 0 Å². The van der Waals surface area contributed by atoms with Crippen molar-refractivity contribution in [2.45, 2.75) is 25.7 Å². The van der Waals surface area contributed by atoms with Gasteiger partial charge in [-0.25, -0.2) is 0 Å². The van der Waals surface area contributed by atoms with Gasteiger partial charge in [0.2, 0.25) is 0 Å². The van der Waals surface area contributed by atoms with Crippen molar-refractivity contribution in [2.75, 3.05) is 0 Å². The molecule has 2 aliphatic rings. The zero-order valence-electron chi connectivity index (χ0n) is 16.3. The molecule has 6 rings (SSSR count). The Kier molecular flexibility index (Phi) is 3.09. The molecule has 0 heterocycles. The average Bonchev–Trinajstić information content (AvgIpc) is 3.22. The third kappa shape index (κ3) is 1.95. The fourth-order valence-corrected chi connectivity index (χ4v) is 5.48. The van der Waals surface area contributed by atoms with Crippen LogP contribution in [-0.2, 0) is 11.8 Å². The molecule has 0 fully saturated rings. The number of benzene rings is 4. The lowest BCUT2D eigenvalue weighted by atomic mass is 9.78. The van der Waals surface area contributed by atoms with Gasteiger partial charge in [-0.2, -0.15) is 0 Å². The summed E-state index contributed by atoms with van der Waals surface area (Å²) in [6, 6.07) is 31.4. The van der Waals surface area contributed by atoms with Crippen molar-refractivity contribution in [3.8, 4) is 33.4 Å². The number of hydrogen-bond acceptors (Lipinski definition) is 0. The second-order valence-corrected chi connectivity index (χ2v) is 8.56.